The van der Waals surface area contributed by atoms with Gasteiger partial charge in [-0.25, -0.2) is 18.0 Å². The van der Waals surface area contributed by atoms with Crippen LogP contribution in [-0.2, 0) is 36.2 Å². The third kappa shape index (κ3) is 5.28. The first-order valence-electron chi connectivity index (χ1n) is 10.3. The maximum atomic E-state index is 13.1. The number of nitrogens with one attached hydrogen (secondary N) is 2. The molecular weight excluding hydrogens is 472 g/mol. The molecule has 0 atom stereocenters. The van der Waals surface area contributed by atoms with E-state index in [1.807, 2.05) is 0 Å². The van der Waals surface area contributed by atoms with E-state index in [0.29, 0.717) is 21.7 Å². The average molecular weight is 499 g/mol. The first-order chi connectivity index (χ1) is 15.6. The van der Waals surface area contributed by atoms with Crippen molar-refractivity contribution in [1.82, 2.24) is 4.98 Å². The molecule has 0 fully saturated rings. The molecule has 0 radical (unpaired) electrons. The Labute approximate surface area is 195 Å². The molecule has 180 valence electrons. The van der Waals surface area contributed by atoms with Gasteiger partial charge in [0.2, 0.25) is 0 Å². The summed E-state index contributed by atoms with van der Waals surface area (Å²) in [4.78, 5) is 41.5. The van der Waals surface area contributed by atoms with E-state index in [9.17, 15) is 22.8 Å². The van der Waals surface area contributed by atoms with Crippen LogP contribution < -0.4 is 5.32 Å². The number of methoxy groups -OCH3 is 1. The summed E-state index contributed by atoms with van der Waals surface area (Å²) in [7, 11) is -1.78. The van der Waals surface area contributed by atoms with Gasteiger partial charge in [0.05, 0.1) is 35.8 Å². The summed E-state index contributed by atoms with van der Waals surface area (Å²) in [6.45, 7) is 5.39. The maximum Gasteiger partial charge on any atom is 0.341 e. The Bertz CT molecular complexity index is 1190. The summed E-state index contributed by atoms with van der Waals surface area (Å²) in [6, 6.07) is 0. The SMILES string of the molecule is CCOC(=O)c1c(NC(=O)c2[nH]c(C)c(C(=O)OCCOC)c2C)sc2c1CCS(=O)(=O)C2. The highest BCUT2D eigenvalue weighted by atomic mass is 32.2. The molecule has 33 heavy (non-hydrogen) atoms. The Morgan fingerprint density at radius 3 is 2.45 bits per heavy atom. The van der Waals surface area contributed by atoms with Crippen LogP contribution in [0.3, 0.4) is 0 Å². The van der Waals surface area contributed by atoms with E-state index in [0.717, 1.165) is 11.3 Å². The van der Waals surface area contributed by atoms with Gasteiger partial charge in [-0.15, -0.1) is 11.3 Å². The number of rotatable bonds is 8. The minimum atomic E-state index is -3.27. The number of fused-ring (bicyclic) bond motifs is 1. The minimum absolute atomic E-state index is 0.0694. The fraction of sp³-hybridized carbons (Fsp3) is 0.476. The van der Waals surface area contributed by atoms with Crippen LogP contribution in [0.25, 0.3) is 0 Å². The van der Waals surface area contributed by atoms with Crippen molar-refractivity contribution in [2.45, 2.75) is 32.9 Å². The Hall–Kier alpha value is -2.70. The van der Waals surface area contributed by atoms with E-state index in [1.54, 1.807) is 20.8 Å². The predicted molar refractivity (Wildman–Crippen MR) is 122 cm³/mol. The number of aromatic amines is 1. The van der Waals surface area contributed by atoms with Crippen molar-refractivity contribution < 1.29 is 37.0 Å². The van der Waals surface area contributed by atoms with Crippen molar-refractivity contribution >= 4 is 44.0 Å². The van der Waals surface area contributed by atoms with Crippen LogP contribution in [0.1, 0.15) is 59.8 Å². The van der Waals surface area contributed by atoms with Gasteiger partial charge >= 0.3 is 11.9 Å². The normalized spacial score (nSPS) is 14.4. The zero-order valence-corrected chi connectivity index (χ0v) is 20.5. The van der Waals surface area contributed by atoms with Crippen LogP contribution in [0.15, 0.2) is 0 Å². The monoisotopic (exact) mass is 498 g/mol. The molecule has 0 aromatic carbocycles. The summed E-state index contributed by atoms with van der Waals surface area (Å²) in [5, 5.41) is 2.92. The van der Waals surface area contributed by atoms with Gasteiger partial charge in [0, 0.05) is 17.7 Å². The molecule has 0 saturated carbocycles. The van der Waals surface area contributed by atoms with Crippen LogP contribution >= 0.6 is 11.3 Å². The van der Waals surface area contributed by atoms with E-state index >= 15 is 0 Å². The number of H-pyrrole nitrogens is 1. The van der Waals surface area contributed by atoms with Crippen molar-refractivity contribution in [3.8, 4) is 0 Å². The molecule has 2 aromatic rings. The highest BCUT2D eigenvalue weighted by Gasteiger charge is 2.33. The number of thiophene rings is 1. The number of amides is 1. The molecule has 1 amide bonds. The van der Waals surface area contributed by atoms with Gasteiger partial charge in [0.15, 0.2) is 9.84 Å². The van der Waals surface area contributed by atoms with Crippen LogP contribution in [0.2, 0.25) is 0 Å². The predicted octanol–water partition coefficient (Wildman–Crippen LogP) is 2.40. The Morgan fingerprint density at radius 2 is 1.79 bits per heavy atom. The summed E-state index contributed by atoms with van der Waals surface area (Å²) in [5.74, 6) is -2.03. The Kier molecular flexibility index (Phi) is 7.60. The first-order valence-corrected chi connectivity index (χ1v) is 12.9. The van der Waals surface area contributed by atoms with Crippen molar-refractivity contribution in [2.75, 3.05) is 38.0 Å². The van der Waals surface area contributed by atoms with Gasteiger partial charge in [0.25, 0.3) is 5.91 Å². The lowest BCUT2D eigenvalue weighted by Crippen LogP contribution is -2.20. The second-order valence-corrected chi connectivity index (χ2v) is 10.8. The number of ether oxygens (including phenoxy) is 3. The van der Waals surface area contributed by atoms with Crippen LogP contribution in [0.5, 0.6) is 0 Å². The molecule has 3 heterocycles. The number of aryl methyl sites for hydroxylation is 1. The second-order valence-electron chi connectivity index (χ2n) is 7.48. The molecule has 3 rings (SSSR count). The number of anilines is 1. The molecule has 10 nitrogen and oxygen atoms in total. The molecule has 1 aliphatic rings. The lowest BCUT2D eigenvalue weighted by Gasteiger charge is -2.13. The minimum Gasteiger partial charge on any atom is -0.462 e. The third-order valence-corrected chi connectivity index (χ3v) is 8.09. The quantitative estimate of drug-likeness (QED) is 0.418. The largest absolute Gasteiger partial charge is 0.462 e. The zero-order valence-electron chi connectivity index (χ0n) is 18.8. The Balaban J connectivity index is 1.92. The van der Waals surface area contributed by atoms with Crippen LogP contribution in [0, 0.1) is 13.8 Å². The van der Waals surface area contributed by atoms with Crippen molar-refractivity contribution in [2.24, 2.45) is 0 Å². The fourth-order valence-corrected chi connectivity index (χ4v) is 6.70. The molecule has 1 aliphatic heterocycles. The summed E-state index contributed by atoms with van der Waals surface area (Å²) < 4.78 is 39.3. The number of hydrogen-bond donors (Lipinski definition) is 2. The highest BCUT2D eigenvalue weighted by Crippen LogP contribution is 2.38. The number of carbonyl (C=O) groups is 3. The molecular formula is C21H26N2O8S2. The topological polar surface area (TPSA) is 141 Å². The van der Waals surface area contributed by atoms with Gasteiger partial charge in [-0.1, -0.05) is 0 Å². The van der Waals surface area contributed by atoms with E-state index in [1.165, 1.54) is 7.11 Å². The average Bonchev–Trinajstić information content (AvgIpc) is 3.23. The fourth-order valence-electron chi connectivity index (χ4n) is 3.67. The molecule has 12 heteroatoms. The van der Waals surface area contributed by atoms with E-state index < -0.39 is 27.7 Å². The highest BCUT2D eigenvalue weighted by molar-refractivity contribution is 7.90. The molecule has 0 bridgehead atoms. The van der Waals surface area contributed by atoms with Gasteiger partial charge in [-0.3, -0.25) is 4.79 Å². The standard InChI is InChI=1S/C21H26N2O8S2/c1-5-30-21(26)16-13-6-9-33(27,28)10-14(13)32-19(16)23-18(24)17-11(2)15(12(3)22-17)20(25)31-8-7-29-4/h22H,5-10H2,1-4H3,(H,23,24). The number of sulfone groups is 1. The lowest BCUT2D eigenvalue weighted by atomic mass is 10.1. The van der Waals surface area contributed by atoms with Gasteiger partial charge in [0.1, 0.15) is 17.3 Å². The van der Waals surface area contributed by atoms with Gasteiger partial charge in [-0.2, -0.15) is 0 Å². The summed E-state index contributed by atoms with van der Waals surface area (Å²) in [5.41, 5.74) is 2.01. The lowest BCUT2D eigenvalue weighted by molar-refractivity contribution is 0.0386. The van der Waals surface area contributed by atoms with Gasteiger partial charge < -0.3 is 24.5 Å². The Morgan fingerprint density at radius 1 is 1.09 bits per heavy atom. The van der Waals surface area contributed by atoms with Crippen LogP contribution in [0.4, 0.5) is 5.00 Å². The number of aromatic nitrogens is 1. The molecule has 2 N–H and O–H groups in total. The maximum absolute atomic E-state index is 13.1. The van der Waals surface area contributed by atoms with E-state index in [-0.39, 0.29) is 59.6 Å². The first kappa shape index (κ1) is 24.9. The van der Waals surface area contributed by atoms with E-state index in [4.69, 9.17) is 14.2 Å². The molecule has 0 spiro atoms. The molecule has 0 unspecified atom stereocenters. The summed E-state index contributed by atoms with van der Waals surface area (Å²) >= 11 is 1.05. The second kappa shape index (κ2) is 10.1. The third-order valence-electron chi connectivity index (χ3n) is 5.20. The van der Waals surface area contributed by atoms with Crippen molar-refractivity contribution in [3.05, 3.63) is 38.5 Å². The molecule has 0 aliphatic carbocycles. The number of carbonyl (C=O) groups excluding carboxylic acids is 3. The molecule has 0 saturated heterocycles. The zero-order chi connectivity index (χ0) is 24.3. The van der Waals surface area contributed by atoms with Crippen molar-refractivity contribution in [3.63, 3.8) is 0 Å². The van der Waals surface area contributed by atoms with Crippen molar-refractivity contribution in [1.29, 1.82) is 0 Å². The number of hydrogen-bond acceptors (Lipinski definition) is 9. The number of esters is 2. The smallest absolute Gasteiger partial charge is 0.341 e. The summed E-state index contributed by atoms with van der Waals surface area (Å²) in [6.07, 6.45) is 0.177. The van der Waals surface area contributed by atoms with Crippen LogP contribution in [-0.4, -0.2) is 63.9 Å². The van der Waals surface area contributed by atoms with E-state index in [2.05, 4.69) is 10.3 Å². The van der Waals surface area contributed by atoms with Gasteiger partial charge in [-0.05, 0) is 38.3 Å². The molecule has 2 aromatic heterocycles.